The molecule has 2 bridgehead atoms. The summed E-state index contributed by atoms with van der Waals surface area (Å²) in [6.07, 6.45) is -0.765. The minimum atomic E-state index is -1.00. The van der Waals surface area contributed by atoms with E-state index in [0.717, 1.165) is 25.2 Å². The van der Waals surface area contributed by atoms with Gasteiger partial charge < -0.3 is 28.8 Å². The minimum Gasteiger partial charge on any atom is -0.462 e. The summed E-state index contributed by atoms with van der Waals surface area (Å²) < 4.78 is 19.3. The quantitative estimate of drug-likeness (QED) is 0.436. The molecular formula is C30H40N2O8. The van der Waals surface area contributed by atoms with E-state index in [1.807, 2.05) is 30.5 Å². The topological polar surface area (TPSA) is 124 Å². The van der Waals surface area contributed by atoms with Gasteiger partial charge in [0.15, 0.2) is 0 Å². The molecule has 6 rings (SSSR count). The summed E-state index contributed by atoms with van der Waals surface area (Å²) in [7, 11) is 0. The summed E-state index contributed by atoms with van der Waals surface area (Å²) in [5, 5.41) is 12.2. The molecular weight excluding hydrogens is 516 g/mol. The first-order valence-corrected chi connectivity index (χ1v) is 14.6. The molecule has 2 unspecified atom stereocenters. The van der Waals surface area contributed by atoms with Crippen molar-refractivity contribution in [1.82, 2.24) is 9.47 Å². The molecule has 11 atom stereocenters. The zero-order valence-corrected chi connectivity index (χ0v) is 23.7. The summed E-state index contributed by atoms with van der Waals surface area (Å²) in [6, 6.07) is 5.45. The van der Waals surface area contributed by atoms with Crippen molar-refractivity contribution in [3.63, 3.8) is 0 Å². The van der Waals surface area contributed by atoms with Crippen molar-refractivity contribution in [2.24, 2.45) is 35.0 Å². The van der Waals surface area contributed by atoms with Crippen LogP contribution in [0.1, 0.15) is 58.6 Å². The standard InChI is InChI=1S/C30H40N2O8/c1-15-8-22-26(28(36)30(4)24(39-17(3)34)10-23(27(15)30)38-16(2)33)20(29(37)40-22)14-31-11-18-9-19(13-31)21-6-5-7-25(35)32(21)12-18/h5-7,15,18-20,22-24,26-28,36H,8-14H2,1-4H3/t15-,18-,19+,20?,22+,23+,24+,26-,27?,28+,30-/m1/s1. The third kappa shape index (κ3) is 4.38. The van der Waals surface area contributed by atoms with Gasteiger partial charge in [-0.3, -0.25) is 19.2 Å². The second-order valence-electron chi connectivity index (χ2n) is 13.1. The van der Waals surface area contributed by atoms with Crippen LogP contribution < -0.4 is 5.56 Å². The van der Waals surface area contributed by atoms with Crippen LogP contribution in [0.3, 0.4) is 0 Å². The van der Waals surface area contributed by atoms with Crippen LogP contribution in [0.4, 0.5) is 0 Å². The SMILES string of the molecule is CC(=O)O[C@H]1C[C@H](OC(C)=O)[C@]2(C)C1[C@H](C)C[C@@H]1OC(=O)C(CN3C[C@H]4C[C@@H](C3)c3cccc(=O)n3C4)[C@H]1[C@@H]2O. The number of aromatic nitrogens is 1. The van der Waals surface area contributed by atoms with Gasteiger partial charge in [-0.15, -0.1) is 0 Å². The molecule has 3 aliphatic heterocycles. The van der Waals surface area contributed by atoms with Crippen LogP contribution in [0.15, 0.2) is 23.0 Å². The van der Waals surface area contributed by atoms with Crippen LogP contribution in [0.5, 0.6) is 0 Å². The molecule has 0 spiro atoms. The van der Waals surface area contributed by atoms with E-state index in [9.17, 15) is 24.3 Å². The van der Waals surface area contributed by atoms with Crippen molar-refractivity contribution < 1.29 is 33.7 Å². The highest BCUT2D eigenvalue weighted by Crippen LogP contribution is 2.59. The Bertz CT molecular complexity index is 1260. The Kier molecular flexibility index (Phi) is 6.85. The fourth-order valence-corrected chi connectivity index (χ4v) is 9.21. The molecule has 1 aromatic rings. The number of hydrogen-bond acceptors (Lipinski definition) is 9. The van der Waals surface area contributed by atoms with Crippen molar-refractivity contribution in [2.75, 3.05) is 19.6 Å². The van der Waals surface area contributed by atoms with Gasteiger partial charge in [-0.05, 0) is 30.7 Å². The number of piperidine rings is 1. The lowest BCUT2D eigenvalue weighted by molar-refractivity contribution is -0.165. The number of aliphatic hydroxyl groups excluding tert-OH is 1. The molecule has 4 heterocycles. The summed E-state index contributed by atoms with van der Waals surface area (Å²) in [4.78, 5) is 52.2. The predicted octanol–water partition coefficient (Wildman–Crippen LogP) is 1.72. The van der Waals surface area contributed by atoms with Gasteiger partial charge in [-0.2, -0.15) is 0 Å². The Morgan fingerprint density at radius 1 is 1.07 bits per heavy atom. The second kappa shape index (κ2) is 9.98. The molecule has 0 aromatic carbocycles. The third-order valence-electron chi connectivity index (χ3n) is 10.6. The van der Waals surface area contributed by atoms with E-state index in [-0.39, 0.29) is 29.3 Å². The lowest BCUT2D eigenvalue weighted by atomic mass is 9.66. The normalized spacial score (nSPS) is 42.2. The Morgan fingerprint density at radius 2 is 1.82 bits per heavy atom. The van der Waals surface area contributed by atoms with Gasteiger partial charge in [-0.1, -0.05) is 19.9 Å². The largest absolute Gasteiger partial charge is 0.462 e. The highest BCUT2D eigenvalue weighted by atomic mass is 16.6. The molecule has 4 fully saturated rings. The Morgan fingerprint density at radius 3 is 2.55 bits per heavy atom. The highest BCUT2D eigenvalue weighted by Gasteiger charge is 2.67. The van der Waals surface area contributed by atoms with Crippen LogP contribution in [0.2, 0.25) is 0 Å². The molecule has 1 aromatic heterocycles. The number of hydrogen-bond donors (Lipinski definition) is 1. The number of rotatable bonds is 4. The molecule has 2 saturated heterocycles. The van der Waals surface area contributed by atoms with Crippen LogP contribution in [0, 0.1) is 35.0 Å². The van der Waals surface area contributed by atoms with Crippen LogP contribution in [-0.4, -0.2) is 76.5 Å². The van der Waals surface area contributed by atoms with Gasteiger partial charge in [0.25, 0.3) is 5.56 Å². The van der Waals surface area contributed by atoms with E-state index in [0.29, 0.717) is 31.8 Å². The average molecular weight is 557 g/mol. The minimum absolute atomic E-state index is 0.0345. The zero-order valence-electron chi connectivity index (χ0n) is 23.7. The molecule has 2 aliphatic carbocycles. The van der Waals surface area contributed by atoms with Crippen molar-refractivity contribution >= 4 is 17.9 Å². The Labute approximate surface area is 233 Å². The van der Waals surface area contributed by atoms with E-state index < -0.39 is 53.6 Å². The number of aliphatic hydroxyl groups is 1. The number of nitrogens with zero attached hydrogens (tertiary/aromatic N) is 2. The molecule has 5 aliphatic rings. The molecule has 10 heteroatoms. The van der Waals surface area contributed by atoms with Gasteiger partial charge in [0.05, 0.1) is 12.0 Å². The van der Waals surface area contributed by atoms with E-state index in [2.05, 4.69) is 4.90 Å². The molecule has 2 saturated carbocycles. The smallest absolute Gasteiger partial charge is 0.311 e. The van der Waals surface area contributed by atoms with Crippen LogP contribution in [0.25, 0.3) is 0 Å². The number of likely N-dealkylation sites (tertiary alicyclic amines) is 1. The summed E-state index contributed by atoms with van der Waals surface area (Å²) >= 11 is 0. The molecule has 10 nitrogen and oxygen atoms in total. The molecule has 218 valence electrons. The number of pyridine rings is 1. The maximum absolute atomic E-state index is 13.4. The van der Waals surface area contributed by atoms with Gasteiger partial charge >= 0.3 is 17.9 Å². The van der Waals surface area contributed by atoms with Crippen molar-refractivity contribution in [3.05, 3.63) is 34.2 Å². The first kappa shape index (κ1) is 27.4. The summed E-state index contributed by atoms with van der Waals surface area (Å²) in [5.74, 6) is -1.96. The monoisotopic (exact) mass is 556 g/mol. The summed E-state index contributed by atoms with van der Waals surface area (Å²) in [5.41, 5.74) is 0.160. The van der Waals surface area contributed by atoms with Crippen molar-refractivity contribution in [3.8, 4) is 0 Å². The number of fused-ring (bicyclic) bond motifs is 6. The fourth-order valence-electron chi connectivity index (χ4n) is 9.21. The number of carbonyl (C=O) groups excluding carboxylic acids is 3. The molecule has 0 radical (unpaired) electrons. The zero-order chi connectivity index (χ0) is 28.5. The number of ether oxygens (including phenoxy) is 3. The third-order valence-corrected chi connectivity index (χ3v) is 10.6. The number of esters is 3. The van der Waals surface area contributed by atoms with Crippen molar-refractivity contribution in [2.45, 2.75) is 83.8 Å². The van der Waals surface area contributed by atoms with Crippen LogP contribution in [-0.2, 0) is 35.1 Å². The average Bonchev–Trinajstić information content (AvgIpc) is 3.28. The fraction of sp³-hybridized carbons (Fsp3) is 0.733. The second-order valence-corrected chi connectivity index (χ2v) is 13.1. The molecule has 1 N–H and O–H groups in total. The van der Waals surface area contributed by atoms with E-state index >= 15 is 0 Å². The van der Waals surface area contributed by atoms with Crippen molar-refractivity contribution in [1.29, 1.82) is 0 Å². The Hall–Kier alpha value is -2.72. The first-order valence-electron chi connectivity index (χ1n) is 14.6. The molecule has 0 amide bonds. The van der Waals surface area contributed by atoms with E-state index in [1.54, 1.807) is 6.07 Å². The Balaban J connectivity index is 1.29. The lowest BCUT2D eigenvalue weighted by Gasteiger charge is -2.45. The van der Waals surface area contributed by atoms with E-state index in [4.69, 9.17) is 14.2 Å². The van der Waals surface area contributed by atoms with Gasteiger partial charge in [0.2, 0.25) is 0 Å². The van der Waals surface area contributed by atoms with Gasteiger partial charge in [-0.25, -0.2) is 0 Å². The lowest BCUT2D eigenvalue weighted by Crippen LogP contribution is -2.53. The maximum atomic E-state index is 13.4. The predicted molar refractivity (Wildman–Crippen MR) is 142 cm³/mol. The van der Waals surface area contributed by atoms with E-state index in [1.165, 1.54) is 13.8 Å². The van der Waals surface area contributed by atoms with Gasteiger partial charge in [0.1, 0.15) is 18.3 Å². The number of carbonyl (C=O) groups is 3. The highest BCUT2D eigenvalue weighted by molar-refractivity contribution is 5.76. The van der Waals surface area contributed by atoms with Crippen LogP contribution >= 0.6 is 0 Å². The maximum Gasteiger partial charge on any atom is 0.311 e. The van der Waals surface area contributed by atoms with Gasteiger partial charge in [0, 0.05) is 81.4 Å². The summed E-state index contributed by atoms with van der Waals surface area (Å²) in [6.45, 7) is 9.30. The first-order chi connectivity index (χ1) is 19.0. The molecule has 40 heavy (non-hydrogen) atoms.